The molecule has 5 heteroatoms. The van der Waals surface area contributed by atoms with Gasteiger partial charge in [-0.3, -0.25) is 0 Å². The van der Waals surface area contributed by atoms with Gasteiger partial charge in [0.05, 0.1) is 5.56 Å². The summed E-state index contributed by atoms with van der Waals surface area (Å²) in [7, 11) is 0. The number of hydrogen-bond donors (Lipinski definition) is 0. The fourth-order valence-corrected chi connectivity index (χ4v) is 1.69. The van der Waals surface area contributed by atoms with Crippen LogP contribution in [0.5, 0.6) is 0 Å². The predicted molar refractivity (Wildman–Crippen MR) is 62.2 cm³/mol. The van der Waals surface area contributed by atoms with Gasteiger partial charge in [0.1, 0.15) is 11.0 Å². The zero-order valence-electron chi connectivity index (χ0n) is 8.52. The Bertz CT molecular complexity index is 696. The van der Waals surface area contributed by atoms with Gasteiger partial charge in [-0.25, -0.2) is 9.37 Å². The minimum absolute atomic E-state index is 0.202. The molecule has 2 aromatic heterocycles. The highest BCUT2D eigenvalue weighted by molar-refractivity contribution is 6.29. The molecule has 0 saturated heterocycles. The number of halogens is 2. The van der Waals surface area contributed by atoms with Crippen LogP contribution in [0.3, 0.4) is 0 Å². The van der Waals surface area contributed by atoms with E-state index in [4.69, 9.17) is 16.0 Å². The maximum atomic E-state index is 13.5. The van der Waals surface area contributed by atoms with Gasteiger partial charge in [-0.2, -0.15) is 4.98 Å². The van der Waals surface area contributed by atoms with Crippen LogP contribution in [0, 0.1) is 5.82 Å². The molecule has 3 nitrogen and oxygen atoms in total. The topological polar surface area (TPSA) is 38.9 Å². The lowest BCUT2D eigenvalue weighted by Gasteiger charge is -1.95. The number of hydrogen-bond acceptors (Lipinski definition) is 3. The molecular weight excluding hydrogens is 243 g/mol. The minimum atomic E-state index is -0.384. The summed E-state index contributed by atoms with van der Waals surface area (Å²) in [5, 5.41) is 0.325. The van der Waals surface area contributed by atoms with E-state index in [0.29, 0.717) is 21.9 Å². The molecule has 0 spiro atoms. The third-order valence-electron chi connectivity index (χ3n) is 2.32. The summed E-state index contributed by atoms with van der Waals surface area (Å²) >= 11 is 5.74. The number of oxazole rings is 1. The maximum absolute atomic E-state index is 13.5. The molecule has 1 aromatic carbocycles. The lowest BCUT2D eigenvalue weighted by Crippen LogP contribution is -1.83. The zero-order valence-corrected chi connectivity index (χ0v) is 9.28. The number of fused-ring (bicyclic) bond motifs is 1. The molecule has 0 bridgehead atoms. The van der Waals surface area contributed by atoms with Gasteiger partial charge in [0.25, 0.3) is 0 Å². The van der Waals surface area contributed by atoms with Crippen molar-refractivity contribution in [3.63, 3.8) is 0 Å². The minimum Gasteiger partial charge on any atom is -0.434 e. The van der Waals surface area contributed by atoms with Crippen LogP contribution < -0.4 is 0 Å². The molecule has 0 N–H and O–H groups in total. The first-order valence-corrected chi connectivity index (χ1v) is 5.30. The third kappa shape index (κ3) is 1.76. The molecular formula is C12H6ClFN2O. The highest BCUT2D eigenvalue weighted by atomic mass is 35.5. The van der Waals surface area contributed by atoms with Crippen molar-refractivity contribution in [3.8, 4) is 11.5 Å². The number of nitrogens with zero attached hydrogens (tertiary/aromatic N) is 2. The van der Waals surface area contributed by atoms with Crippen molar-refractivity contribution in [1.29, 1.82) is 0 Å². The molecule has 0 atom stereocenters. The van der Waals surface area contributed by atoms with Gasteiger partial charge >= 0.3 is 0 Å². The Kier molecular flexibility index (Phi) is 2.30. The molecule has 0 aliphatic heterocycles. The first-order valence-electron chi connectivity index (χ1n) is 4.92. The molecule has 0 unspecified atom stereocenters. The summed E-state index contributed by atoms with van der Waals surface area (Å²) in [5.41, 5.74) is 1.16. The Morgan fingerprint density at radius 1 is 1.06 bits per heavy atom. The molecule has 0 aliphatic rings. The van der Waals surface area contributed by atoms with E-state index >= 15 is 0 Å². The van der Waals surface area contributed by atoms with Crippen LogP contribution in [-0.4, -0.2) is 9.97 Å². The van der Waals surface area contributed by atoms with E-state index in [-0.39, 0.29) is 11.7 Å². The normalized spacial score (nSPS) is 10.9. The summed E-state index contributed by atoms with van der Waals surface area (Å²) in [6, 6.07) is 9.53. The lowest BCUT2D eigenvalue weighted by molar-refractivity contribution is 0.593. The molecule has 0 fully saturated rings. The van der Waals surface area contributed by atoms with Crippen molar-refractivity contribution in [2.45, 2.75) is 0 Å². The van der Waals surface area contributed by atoms with E-state index in [1.807, 2.05) is 0 Å². The van der Waals surface area contributed by atoms with Crippen LogP contribution in [0.4, 0.5) is 4.39 Å². The first kappa shape index (κ1) is 10.2. The van der Waals surface area contributed by atoms with Crippen LogP contribution in [0.1, 0.15) is 0 Å². The molecule has 3 aromatic rings. The van der Waals surface area contributed by atoms with Crippen molar-refractivity contribution >= 4 is 22.8 Å². The van der Waals surface area contributed by atoms with E-state index in [0.717, 1.165) is 0 Å². The summed E-state index contributed by atoms with van der Waals surface area (Å²) in [4.78, 5) is 8.09. The van der Waals surface area contributed by atoms with E-state index in [1.165, 1.54) is 6.07 Å². The summed E-state index contributed by atoms with van der Waals surface area (Å²) in [5.74, 6) is -0.182. The quantitative estimate of drug-likeness (QED) is 0.617. The third-order valence-corrected chi connectivity index (χ3v) is 2.53. The summed E-state index contributed by atoms with van der Waals surface area (Å²) in [6.45, 7) is 0. The average molecular weight is 249 g/mol. The van der Waals surface area contributed by atoms with Gasteiger partial charge in [-0.1, -0.05) is 23.7 Å². The number of pyridine rings is 1. The van der Waals surface area contributed by atoms with Gasteiger partial charge in [0.2, 0.25) is 11.5 Å². The first-order chi connectivity index (χ1) is 8.24. The highest BCUT2D eigenvalue weighted by Crippen LogP contribution is 2.25. The van der Waals surface area contributed by atoms with Gasteiger partial charge in [0, 0.05) is 0 Å². The van der Waals surface area contributed by atoms with Crippen LogP contribution in [-0.2, 0) is 0 Å². The van der Waals surface area contributed by atoms with Crippen molar-refractivity contribution < 1.29 is 8.81 Å². The van der Waals surface area contributed by atoms with Crippen molar-refractivity contribution in [2.24, 2.45) is 0 Å². The van der Waals surface area contributed by atoms with Crippen LogP contribution >= 0.6 is 11.6 Å². The molecule has 0 amide bonds. The Hall–Kier alpha value is -1.94. The van der Waals surface area contributed by atoms with Crippen molar-refractivity contribution in [2.75, 3.05) is 0 Å². The van der Waals surface area contributed by atoms with Gasteiger partial charge < -0.3 is 4.42 Å². The van der Waals surface area contributed by atoms with Crippen LogP contribution in [0.25, 0.3) is 22.7 Å². The second-order valence-corrected chi connectivity index (χ2v) is 3.84. The Labute approximate surface area is 101 Å². The zero-order chi connectivity index (χ0) is 11.8. The average Bonchev–Trinajstić information content (AvgIpc) is 2.72. The standard InChI is InChI=1S/C12H6ClFN2O/c13-10-6-5-9-11(15-10)16-12(17-9)7-3-1-2-4-8(7)14/h1-6H. The van der Waals surface area contributed by atoms with E-state index in [9.17, 15) is 4.39 Å². The largest absolute Gasteiger partial charge is 0.434 e. The Balaban J connectivity index is 2.22. The summed E-state index contributed by atoms with van der Waals surface area (Å²) in [6.07, 6.45) is 0. The second-order valence-electron chi connectivity index (χ2n) is 3.45. The molecule has 3 rings (SSSR count). The van der Waals surface area contributed by atoms with E-state index in [1.54, 1.807) is 30.3 Å². The van der Waals surface area contributed by atoms with Crippen LogP contribution in [0.15, 0.2) is 40.8 Å². The molecule has 2 heterocycles. The van der Waals surface area contributed by atoms with Gasteiger partial charge in [0.15, 0.2) is 5.58 Å². The Morgan fingerprint density at radius 2 is 1.88 bits per heavy atom. The molecule has 84 valence electrons. The fourth-order valence-electron chi connectivity index (χ4n) is 1.55. The van der Waals surface area contributed by atoms with Gasteiger partial charge in [-0.15, -0.1) is 0 Å². The highest BCUT2D eigenvalue weighted by Gasteiger charge is 2.12. The number of benzene rings is 1. The smallest absolute Gasteiger partial charge is 0.231 e. The molecule has 0 saturated carbocycles. The van der Waals surface area contributed by atoms with E-state index in [2.05, 4.69) is 9.97 Å². The van der Waals surface area contributed by atoms with Gasteiger partial charge in [-0.05, 0) is 24.3 Å². The van der Waals surface area contributed by atoms with Crippen LogP contribution in [0.2, 0.25) is 5.15 Å². The van der Waals surface area contributed by atoms with Crippen molar-refractivity contribution in [3.05, 3.63) is 47.4 Å². The number of aromatic nitrogens is 2. The maximum Gasteiger partial charge on any atom is 0.231 e. The second kappa shape index (κ2) is 3.82. The monoisotopic (exact) mass is 248 g/mol. The number of rotatable bonds is 1. The molecule has 0 radical (unpaired) electrons. The predicted octanol–water partition coefficient (Wildman–Crippen LogP) is 3.68. The summed E-state index contributed by atoms with van der Waals surface area (Å²) < 4.78 is 19.0. The fraction of sp³-hybridized carbons (Fsp3) is 0. The molecule has 0 aliphatic carbocycles. The van der Waals surface area contributed by atoms with E-state index < -0.39 is 0 Å². The van der Waals surface area contributed by atoms with Crippen molar-refractivity contribution in [1.82, 2.24) is 9.97 Å². The lowest BCUT2D eigenvalue weighted by atomic mass is 10.2. The Morgan fingerprint density at radius 3 is 2.71 bits per heavy atom. The molecule has 17 heavy (non-hydrogen) atoms. The SMILES string of the molecule is Fc1ccccc1-c1nc2nc(Cl)ccc2o1.